The summed E-state index contributed by atoms with van der Waals surface area (Å²) in [5, 5.41) is 0. The van der Waals surface area contributed by atoms with Crippen LogP contribution in [0.2, 0.25) is 0 Å². The second-order valence-electron chi connectivity index (χ2n) is 5.19. The molecule has 5 heteroatoms. The Kier molecular flexibility index (Phi) is 4.72. The zero-order valence-corrected chi connectivity index (χ0v) is 14.3. The molecule has 0 atom stereocenters. The number of rotatable bonds is 4. The van der Waals surface area contributed by atoms with Gasteiger partial charge in [0.25, 0.3) is 0 Å². The molecule has 0 aliphatic rings. The molecule has 0 bridgehead atoms. The van der Waals surface area contributed by atoms with E-state index in [0.29, 0.717) is 11.5 Å². The number of hydrogen-bond donors (Lipinski definition) is 1. The Bertz CT molecular complexity index is 655. The fraction of sp³-hybridized carbons (Fsp3) is 0.250. The summed E-state index contributed by atoms with van der Waals surface area (Å²) in [6, 6.07) is 11.4. The zero-order chi connectivity index (χ0) is 15.6. The zero-order valence-electron chi connectivity index (χ0n) is 12.6. The van der Waals surface area contributed by atoms with Crippen molar-refractivity contribution in [3.8, 4) is 11.5 Å². The molecule has 0 saturated carbocycles. The summed E-state index contributed by atoms with van der Waals surface area (Å²) in [6.07, 6.45) is 0. The van der Waals surface area contributed by atoms with Crippen LogP contribution in [-0.2, 0) is 11.8 Å². The summed E-state index contributed by atoms with van der Waals surface area (Å²) in [5.41, 5.74) is 4.09. The van der Waals surface area contributed by atoms with Crippen LogP contribution in [0, 0.1) is 27.7 Å². The molecule has 0 aliphatic heterocycles. The van der Waals surface area contributed by atoms with E-state index in [1.807, 2.05) is 52.0 Å². The maximum absolute atomic E-state index is 10.3. The van der Waals surface area contributed by atoms with Crippen molar-refractivity contribution in [2.75, 3.05) is 0 Å². The van der Waals surface area contributed by atoms with E-state index in [1.54, 1.807) is 12.1 Å². The number of aryl methyl sites for hydroxylation is 4. The van der Waals surface area contributed by atoms with Gasteiger partial charge < -0.3 is 13.9 Å². The van der Waals surface area contributed by atoms with E-state index in [9.17, 15) is 4.89 Å². The van der Waals surface area contributed by atoms with Crippen molar-refractivity contribution in [1.29, 1.82) is 0 Å². The van der Waals surface area contributed by atoms with Crippen molar-refractivity contribution in [1.82, 2.24) is 0 Å². The summed E-state index contributed by atoms with van der Waals surface area (Å²) in [4.78, 5) is 10.3. The van der Waals surface area contributed by atoms with Crippen molar-refractivity contribution in [2.24, 2.45) is 0 Å². The van der Waals surface area contributed by atoms with E-state index < -0.39 is 6.72 Å². The van der Waals surface area contributed by atoms with Gasteiger partial charge in [0.1, 0.15) is 11.5 Å². The minimum absolute atomic E-state index is 0.552. The molecular weight excluding hydrogens is 303 g/mol. The van der Waals surface area contributed by atoms with Crippen LogP contribution in [0.15, 0.2) is 36.4 Å². The van der Waals surface area contributed by atoms with Crippen LogP contribution in [0.3, 0.4) is 0 Å². The van der Waals surface area contributed by atoms with Crippen molar-refractivity contribution < 1.29 is 13.9 Å². The molecule has 0 unspecified atom stereocenters. The van der Waals surface area contributed by atoms with E-state index in [-0.39, 0.29) is 0 Å². The van der Waals surface area contributed by atoms with Crippen molar-refractivity contribution in [3.05, 3.63) is 58.7 Å². The summed E-state index contributed by atoms with van der Waals surface area (Å²) < 4.78 is 11.1. The average molecular weight is 322 g/mol. The first-order valence-electron chi connectivity index (χ1n) is 6.63. The number of benzene rings is 2. The fourth-order valence-electron chi connectivity index (χ4n) is 2.07. The molecule has 0 aliphatic carbocycles. The molecule has 21 heavy (non-hydrogen) atoms. The first-order valence-corrected chi connectivity index (χ1v) is 9.22. The van der Waals surface area contributed by atoms with Gasteiger partial charge in [-0.1, -0.05) is 35.4 Å². The van der Waals surface area contributed by atoms with Gasteiger partial charge >= 0.3 is 6.72 Å². The van der Waals surface area contributed by atoms with Gasteiger partial charge in [-0.3, -0.25) is 0 Å². The normalized spacial score (nSPS) is 11.3. The van der Waals surface area contributed by atoms with Gasteiger partial charge in [-0.05, 0) is 51.0 Å². The van der Waals surface area contributed by atoms with E-state index in [0.717, 1.165) is 22.3 Å². The van der Waals surface area contributed by atoms with Crippen LogP contribution in [0.4, 0.5) is 0 Å². The van der Waals surface area contributed by atoms with Crippen LogP contribution in [0.1, 0.15) is 22.3 Å². The van der Waals surface area contributed by atoms with Crippen molar-refractivity contribution in [2.45, 2.75) is 27.7 Å². The first kappa shape index (κ1) is 16.0. The maximum atomic E-state index is 10.3. The minimum atomic E-state index is -3.39. The van der Waals surface area contributed by atoms with E-state index >= 15 is 0 Å². The Hall–Kier alpha value is -1.35. The molecule has 2 aromatic carbocycles. The van der Waals surface area contributed by atoms with Gasteiger partial charge in [0.15, 0.2) is 0 Å². The monoisotopic (exact) mass is 322 g/mol. The summed E-state index contributed by atoms with van der Waals surface area (Å²) in [6.45, 7) is 4.43. The Labute approximate surface area is 130 Å². The molecule has 2 rings (SSSR count). The highest BCUT2D eigenvalue weighted by molar-refractivity contribution is 8.07. The standard InChI is InChI=1S/C16H19O3PS/c1-11-5-7-15(13(3)9-11)18-20(17,21)19-16-8-6-12(2)10-14(16)4/h5-10H,1-4H3,(H,17,21). The molecule has 0 fully saturated rings. The lowest BCUT2D eigenvalue weighted by Gasteiger charge is -2.20. The SMILES string of the molecule is Cc1ccc(OP(O)(=S)Oc2ccc(C)cc2C)c(C)c1. The van der Waals surface area contributed by atoms with Gasteiger partial charge in [-0.2, -0.15) is 0 Å². The minimum Gasteiger partial charge on any atom is -0.416 e. The Balaban J connectivity index is 2.20. The van der Waals surface area contributed by atoms with Crippen LogP contribution in [0.5, 0.6) is 11.5 Å². The maximum Gasteiger partial charge on any atom is 0.432 e. The second kappa shape index (κ2) is 6.18. The highest BCUT2D eigenvalue weighted by Gasteiger charge is 2.21. The van der Waals surface area contributed by atoms with Gasteiger partial charge in [0.2, 0.25) is 0 Å². The lowest BCUT2D eigenvalue weighted by atomic mass is 10.1. The predicted octanol–water partition coefficient (Wildman–Crippen LogP) is 4.59. The van der Waals surface area contributed by atoms with Gasteiger partial charge in [-0.15, -0.1) is 0 Å². The molecule has 3 nitrogen and oxygen atoms in total. The van der Waals surface area contributed by atoms with E-state index in [1.165, 1.54) is 0 Å². The molecule has 0 saturated heterocycles. The van der Waals surface area contributed by atoms with Gasteiger partial charge in [0.05, 0.1) is 0 Å². The Morgan fingerprint density at radius 1 is 0.810 bits per heavy atom. The van der Waals surface area contributed by atoms with Crippen LogP contribution in [0.25, 0.3) is 0 Å². The lowest BCUT2D eigenvalue weighted by Crippen LogP contribution is -2.01. The fourth-order valence-corrected chi connectivity index (χ4v) is 3.50. The average Bonchev–Trinajstić information content (AvgIpc) is 2.36. The lowest BCUT2D eigenvalue weighted by molar-refractivity contribution is 0.375. The molecule has 0 aromatic heterocycles. The quantitative estimate of drug-likeness (QED) is 0.835. The molecule has 2 aromatic rings. The first-order chi connectivity index (χ1) is 9.77. The van der Waals surface area contributed by atoms with E-state index in [2.05, 4.69) is 0 Å². The van der Waals surface area contributed by atoms with Crippen molar-refractivity contribution in [3.63, 3.8) is 0 Å². The van der Waals surface area contributed by atoms with Gasteiger partial charge in [-0.25, -0.2) is 0 Å². The topological polar surface area (TPSA) is 38.7 Å². The number of hydrogen-bond acceptors (Lipinski definition) is 3. The van der Waals surface area contributed by atoms with Crippen LogP contribution >= 0.6 is 6.72 Å². The third-order valence-corrected chi connectivity index (χ3v) is 4.39. The predicted molar refractivity (Wildman–Crippen MR) is 89.6 cm³/mol. The highest BCUT2D eigenvalue weighted by Crippen LogP contribution is 2.46. The van der Waals surface area contributed by atoms with Crippen molar-refractivity contribution >= 4 is 18.5 Å². The van der Waals surface area contributed by atoms with Crippen LogP contribution in [-0.4, -0.2) is 4.89 Å². The third kappa shape index (κ3) is 4.31. The van der Waals surface area contributed by atoms with Gasteiger partial charge in [0, 0.05) is 11.8 Å². The molecule has 0 amide bonds. The molecule has 1 N–H and O–H groups in total. The molecule has 0 spiro atoms. The summed E-state index contributed by atoms with van der Waals surface area (Å²) >= 11 is 5.11. The van der Waals surface area contributed by atoms with Crippen LogP contribution < -0.4 is 9.05 Å². The Morgan fingerprint density at radius 3 is 1.52 bits per heavy atom. The Morgan fingerprint density at radius 2 is 1.19 bits per heavy atom. The molecular formula is C16H19O3PS. The molecule has 112 valence electrons. The third-order valence-electron chi connectivity index (χ3n) is 3.09. The molecule has 0 radical (unpaired) electrons. The summed E-state index contributed by atoms with van der Waals surface area (Å²) in [5.74, 6) is 1.10. The largest absolute Gasteiger partial charge is 0.432 e. The summed E-state index contributed by atoms with van der Waals surface area (Å²) in [7, 11) is 0. The van der Waals surface area contributed by atoms with E-state index in [4.69, 9.17) is 20.9 Å². The molecule has 0 heterocycles. The highest BCUT2D eigenvalue weighted by atomic mass is 32.5. The second-order valence-corrected chi connectivity index (χ2v) is 7.88. The smallest absolute Gasteiger partial charge is 0.416 e.